The minimum Gasteiger partial charge on any atom is -0.349 e. The fraction of sp³-hybridized carbons (Fsp3) is 0.222. The summed E-state index contributed by atoms with van der Waals surface area (Å²) in [6.45, 7) is 0. The fourth-order valence-electron chi connectivity index (χ4n) is 1.25. The van der Waals surface area contributed by atoms with Crippen molar-refractivity contribution in [1.29, 1.82) is 0 Å². The summed E-state index contributed by atoms with van der Waals surface area (Å²) in [5.74, 6) is 0.943. The molecule has 5 heteroatoms. The number of imidazole rings is 1. The average Bonchev–Trinajstić information content (AvgIpc) is 2.75. The SMILES string of the molecule is NC(Cc1ncc[nH]1)c1csc(I)c1. The maximum absolute atomic E-state index is 6.04. The molecule has 2 heterocycles. The number of hydrogen-bond donors (Lipinski definition) is 2. The zero-order valence-corrected chi connectivity index (χ0v) is 10.4. The molecule has 2 aromatic heterocycles. The van der Waals surface area contributed by atoms with Crippen LogP contribution < -0.4 is 5.73 Å². The molecule has 3 nitrogen and oxygen atoms in total. The first kappa shape index (κ1) is 10.1. The molecular formula is C9H10IN3S. The summed E-state index contributed by atoms with van der Waals surface area (Å²) in [4.78, 5) is 7.21. The standard InChI is InChI=1S/C9H10IN3S/c10-8-3-6(5-14-8)7(11)4-9-12-1-2-13-9/h1-3,5,7H,4,11H2,(H,12,13). The van der Waals surface area contributed by atoms with Gasteiger partial charge in [0.15, 0.2) is 0 Å². The van der Waals surface area contributed by atoms with Gasteiger partial charge in [0, 0.05) is 24.9 Å². The summed E-state index contributed by atoms with van der Waals surface area (Å²) in [6, 6.07) is 2.17. The van der Waals surface area contributed by atoms with Crippen LogP contribution in [0.15, 0.2) is 23.8 Å². The van der Waals surface area contributed by atoms with E-state index in [4.69, 9.17) is 5.73 Å². The molecule has 0 spiro atoms. The molecule has 0 aliphatic heterocycles. The van der Waals surface area contributed by atoms with Crippen LogP contribution in [-0.4, -0.2) is 9.97 Å². The summed E-state index contributed by atoms with van der Waals surface area (Å²) in [6.07, 6.45) is 4.33. The Bertz CT molecular complexity index is 396. The van der Waals surface area contributed by atoms with Gasteiger partial charge in [-0.2, -0.15) is 0 Å². The van der Waals surface area contributed by atoms with E-state index in [2.05, 4.69) is 44.0 Å². The zero-order valence-electron chi connectivity index (χ0n) is 7.40. The second-order valence-electron chi connectivity index (χ2n) is 3.03. The highest BCUT2D eigenvalue weighted by atomic mass is 127. The molecule has 0 amide bonds. The average molecular weight is 319 g/mol. The smallest absolute Gasteiger partial charge is 0.107 e. The Labute approximate surface area is 99.9 Å². The van der Waals surface area contributed by atoms with Crippen LogP contribution in [0.1, 0.15) is 17.4 Å². The van der Waals surface area contributed by atoms with E-state index in [0.29, 0.717) is 0 Å². The number of aromatic nitrogens is 2. The number of rotatable bonds is 3. The van der Waals surface area contributed by atoms with Gasteiger partial charge >= 0.3 is 0 Å². The van der Waals surface area contributed by atoms with E-state index in [1.54, 1.807) is 17.5 Å². The van der Waals surface area contributed by atoms with E-state index >= 15 is 0 Å². The second-order valence-corrected chi connectivity index (χ2v) is 5.84. The Kier molecular flexibility index (Phi) is 3.19. The molecule has 1 unspecified atom stereocenters. The number of aromatic amines is 1. The number of halogens is 1. The molecule has 2 rings (SSSR count). The first-order valence-corrected chi connectivity index (χ1v) is 6.19. The number of nitrogens with two attached hydrogens (primary N) is 1. The molecule has 0 fully saturated rings. The third kappa shape index (κ3) is 2.34. The second kappa shape index (κ2) is 4.41. The molecule has 3 N–H and O–H groups in total. The monoisotopic (exact) mass is 319 g/mol. The fourth-order valence-corrected chi connectivity index (χ4v) is 2.69. The van der Waals surface area contributed by atoms with Gasteiger partial charge in [0.1, 0.15) is 5.82 Å². The van der Waals surface area contributed by atoms with E-state index in [1.807, 2.05) is 6.20 Å². The van der Waals surface area contributed by atoms with Crippen molar-refractivity contribution in [2.75, 3.05) is 0 Å². The molecule has 14 heavy (non-hydrogen) atoms. The lowest BCUT2D eigenvalue weighted by atomic mass is 10.1. The summed E-state index contributed by atoms with van der Waals surface area (Å²) >= 11 is 4.02. The molecule has 1 atom stereocenters. The normalized spacial score (nSPS) is 13.0. The van der Waals surface area contributed by atoms with Crippen molar-refractivity contribution in [1.82, 2.24) is 9.97 Å². The number of thiophene rings is 1. The van der Waals surface area contributed by atoms with Gasteiger partial charge in [-0.15, -0.1) is 11.3 Å². The van der Waals surface area contributed by atoms with Gasteiger partial charge < -0.3 is 10.7 Å². The lowest BCUT2D eigenvalue weighted by Crippen LogP contribution is -2.13. The Morgan fingerprint density at radius 3 is 3.07 bits per heavy atom. The van der Waals surface area contributed by atoms with Crippen molar-refractivity contribution in [3.63, 3.8) is 0 Å². The van der Waals surface area contributed by atoms with E-state index in [1.165, 1.54) is 8.45 Å². The van der Waals surface area contributed by atoms with Crippen LogP contribution in [0.5, 0.6) is 0 Å². The van der Waals surface area contributed by atoms with Crippen LogP contribution >= 0.6 is 33.9 Å². The number of nitrogens with one attached hydrogen (secondary N) is 1. The first-order valence-electron chi connectivity index (χ1n) is 4.23. The van der Waals surface area contributed by atoms with Crippen molar-refractivity contribution in [2.24, 2.45) is 5.73 Å². The van der Waals surface area contributed by atoms with Gasteiger partial charge in [-0.25, -0.2) is 4.98 Å². The number of hydrogen-bond acceptors (Lipinski definition) is 3. The lowest BCUT2D eigenvalue weighted by Gasteiger charge is -2.06. The number of H-pyrrole nitrogens is 1. The van der Waals surface area contributed by atoms with Crippen molar-refractivity contribution in [2.45, 2.75) is 12.5 Å². The Hall–Kier alpha value is -0.400. The van der Waals surface area contributed by atoms with Crippen molar-refractivity contribution >= 4 is 33.9 Å². The summed E-state index contributed by atoms with van der Waals surface area (Å²) in [7, 11) is 0. The molecule has 0 aromatic carbocycles. The minimum atomic E-state index is 0.0425. The maximum atomic E-state index is 6.04. The van der Waals surface area contributed by atoms with Gasteiger partial charge in [0.2, 0.25) is 0 Å². The molecule has 0 saturated carbocycles. The van der Waals surface area contributed by atoms with Crippen LogP contribution in [0.3, 0.4) is 0 Å². The summed E-state index contributed by atoms with van der Waals surface area (Å²) in [5.41, 5.74) is 7.23. The van der Waals surface area contributed by atoms with Gasteiger partial charge in [0.05, 0.1) is 2.88 Å². The molecule has 0 bridgehead atoms. The molecule has 74 valence electrons. The third-order valence-corrected chi connectivity index (χ3v) is 3.79. The van der Waals surface area contributed by atoms with Crippen LogP contribution in [0.4, 0.5) is 0 Å². The minimum absolute atomic E-state index is 0.0425. The van der Waals surface area contributed by atoms with Gasteiger partial charge in [0.25, 0.3) is 0 Å². The van der Waals surface area contributed by atoms with E-state index in [0.717, 1.165) is 12.2 Å². The molecule has 0 saturated heterocycles. The van der Waals surface area contributed by atoms with Crippen LogP contribution in [0.25, 0.3) is 0 Å². The van der Waals surface area contributed by atoms with Gasteiger partial charge in [-0.05, 0) is 39.6 Å². The predicted octanol–water partition coefficient (Wildman–Crippen LogP) is 2.32. The van der Waals surface area contributed by atoms with E-state index in [9.17, 15) is 0 Å². The van der Waals surface area contributed by atoms with Gasteiger partial charge in [-0.1, -0.05) is 0 Å². The van der Waals surface area contributed by atoms with Crippen molar-refractivity contribution in [3.8, 4) is 0 Å². The van der Waals surface area contributed by atoms with E-state index in [-0.39, 0.29) is 6.04 Å². The topological polar surface area (TPSA) is 54.7 Å². The molecular weight excluding hydrogens is 309 g/mol. The highest BCUT2D eigenvalue weighted by molar-refractivity contribution is 14.1. The largest absolute Gasteiger partial charge is 0.349 e. The zero-order chi connectivity index (χ0) is 9.97. The number of nitrogens with zero attached hydrogens (tertiary/aromatic N) is 1. The van der Waals surface area contributed by atoms with Gasteiger partial charge in [-0.3, -0.25) is 0 Å². The highest BCUT2D eigenvalue weighted by Gasteiger charge is 2.09. The van der Waals surface area contributed by atoms with Crippen molar-refractivity contribution < 1.29 is 0 Å². The lowest BCUT2D eigenvalue weighted by molar-refractivity contribution is 0.697. The third-order valence-electron chi connectivity index (χ3n) is 1.98. The Morgan fingerprint density at radius 1 is 1.64 bits per heavy atom. The molecule has 0 aliphatic carbocycles. The molecule has 2 aromatic rings. The highest BCUT2D eigenvalue weighted by Crippen LogP contribution is 2.22. The Morgan fingerprint density at radius 2 is 2.50 bits per heavy atom. The van der Waals surface area contributed by atoms with E-state index < -0.39 is 0 Å². The summed E-state index contributed by atoms with van der Waals surface area (Å²) in [5, 5.41) is 2.11. The molecule has 0 radical (unpaired) electrons. The maximum Gasteiger partial charge on any atom is 0.107 e. The quantitative estimate of drug-likeness (QED) is 0.853. The molecule has 0 aliphatic rings. The van der Waals surface area contributed by atoms with Crippen LogP contribution in [-0.2, 0) is 6.42 Å². The van der Waals surface area contributed by atoms with Crippen LogP contribution in [0.2, 0.25) is 0 Å². The summed E-state index contributed by atoms with van der Waals surface area (Å²) < 4.78 is 1.27. The Balaban J connectivity index is 2.06. The first-order chi connectivity index (χ1) is 6.75. The van der Waals surface area contributed by atoms with Crippen molar-refractivity contribution in [3.05, 3.63) is 38.1 Å². The predicted molar refractivity (Wildman–Crippen MR) is 66.3 cm³/mol. The van der Waals surface area contributed by atoms with Crippen LogP contribution in [0, 0.1) is 2.88 Å².